The number of primary amides is 1. The van der Waals surface area contributed by atoms with Crippen LogP contribution in [0.25, 0.3) is 0 Å². The highest BCUT2D eigenvalue weighted by Crippen LogP contribution is 2.25. The number of nitrogens with one attached hydrogen (secondary N) is 2. The summed E-state index contributed by atoms with van der Waals surface area (Å²) < 4.78 is 0. The zero-order chi connectivity index (χ0) is 20.6. The van der Waals surface area contributed by atoms with E-state index >= 15 is 0 Å². The molecule has 1 aromatic carbocycles. The number of benzene rings is 1. The summed E-state index contributed by atoms with van der Waals surface area (Å²) >= 11 is 0. The molecule has 0 saturated heterocycles. The van der Waals surface area contributed by atoms with Gasteiger partial charge in [0.05, 0.1) is 11.3 Å². The number of pyridine rings is 1. The highest BCUT2D eigenvalue weighted by atomic mass is 16.1. The Bertz CT molecular complexity index is 892. The number of allylic oxidation sites excluding steroid dienone is 1. The lowest BCUT2D eigenvalue weighted by Crippen LogP contribution is -2.42. The van der Waals surface area contributed by atoms with Crippen molar-refractivity contribution in [3.63, 3.8) is 0 Å². The van der Waals surface area contributed by atoms with Crippen LogP contribution >= 0.6 is 0 Å². The molecule has 8 heteroatoms. The molecule has 1 aliphatic carbocycles. The molecule has 0 radical (unpaired) electrons. The molecule has 0 unspecified atom stereocenters. The first-order valence-corrected chi connectivity index (χ1v) is 9.68. The van der Waals surface area contributed by atoms with E-state index in [1.165, 1.54) is 6.20 Å². The lowest BCUT2D eigenvalue weighted by molar-refractivity contribution is 0.100. The largest absolute Gasteiger partial charge is 0.405 e. The summed E-state index contributed by atoms with van der Waals surface area (Å²) in [4.78, 5) is 20.6. The predicted molar refractivity (Wildman–Crippen MR) is 118 cm³/mol. The van der Waals surface area contributed by atoms with Gasteiger partial charge in [0.2, 0.25) is 0 Å². The van der Waals surface area contributed by atoms with Crippen LogP contribution in [0.5, 0.6) is 0 Å². The fraction of sp³-hybridized carbons (Fsp3) is 0.286. The average molecular weight is 393 g/mol. The van der Waals surface area contributed by atoms with E-state index in [0.29, 0.717) is 17.2 Å². The first-order chi connectivity index (χ1) is 14.1. The Morgan fingerprint density at radius 2 is 1.90 bits per heavy atom. The minimum atomic E-state index is -0.546. The minimum Gasteiger partial charge on any atom is -0.405 e. The zero-order valence-electron chi connectivity index (χ0n) is 16.2. The van der Waals surface area contributed by atoms with Gasteiger partial charge in [-0.3, -0.25) is 9.79 Å². The second kappa shape index (κ2) is 9.70. The van der Waals surface area contributed by atoms with Crippen molar-refractivity contribution in [2.75, 3.05) is 10.6 Å². The van der Waals surface area contributed by atoms with E-state index in [-0.39, 0.29) is 12.1 Å². The van der Waals surface area contributed by atoms with Crippen molar-refractivity contribution < 1.29 is 4.79 Å². The monoisotopic (exact) mass is 393 g/mol. The standard InChI is InChI=1S/C21H27N7O/c22-12-3-13-25-14-6-8-15(9-7-14)26-21-16(20(24)29)10-11-19(28-21)27-18-5-2-1-4-17(18)23/h3,6-13,17-18H,1-2,4-5,22-23H2,(H2,24,29)(H2,26,27,28)/t17-,18+/m0/s1. The van der Waals surface area contributed by atoms with E-state index in [2.05, 4.69) is 20.6 Å². The second-order valence-corrected chi connectivity index (χ2v) is 6.99. The van der Waals surface area contributed by atoms with Gasteiger partial charge >= 0.3 is 0 Å². The third kappa shape index (κ3) is 5.55. The van der Waals surface area contributed by atoms with Crippen LogP contribution in [0.2, 0.25) is 0 Å². The molecule has 0 bridgehead atoms. The second-order valence-electron chi connectivity index (χ2n) is 6.99. The highest BCUT2D eigenvalue weighted by Gasteiger charge is 2.22. The summed E-state index contributed by atoms with van der Waals surface area (Å²) in [6, 6.07) is 11.1. The number of amides is 1. The summed E-state index contributed by atoms with van der Waals surface area (Å²) in [5.41, 5.74) is 18.9. The summed E-state index contributed by atoms with van der Waals surface area (Å²) in [5, 5.41) is 6.56. The third-order valence-electron chi connectivity index (χ3n) is 4.86. The molecule has 1 fully saturated rings. The maximum atomic E-state index is 11.8. The molecule has 8 nitrogen and oxygen atoms in total. The number of aromatic nitrogens is 1. The number of anilines is 3. The number of nitrogens with zero attached hydrogens (tertiary/aromatic N) is 2. The summed E-state index contributed by atoms with van der Waals surface area (Å²) in [6.45, 7) is 0. The number of hydrogen-bond acceptors (Lipinski definition) is 7. The van der Waals surface area contributed by atoms with Gasteiger partial charge in [-0.2, -0.15) is 0 Å². The van der Waals surface area contributed by atoms with E-state index in [1.54, 1.807) is 24.4 Å². The molecule has 1 amide bonds. The van der Waals surface area contributed by atoms with Crippen molar-refractivity contribution in [2.45, 2.75) is 37.8 Å². The van der Waals surface area contributed by atoms with Crippen LogP contribution in [0.15, 0.2) is 53.7 Å². The highest BCUT2D eigenvalue weighted by molar-refractivity contribution is 5.98. The van der Waals surface area contributed by atoms with E-state index in [0.717, 1.165) is 37.1 Å². The molecule has 2 atom stereocenters. The van der Waals surface area contributed by atoms with E-state index in [9.17, 15) is 4.79 Å². The van der Waals surface area contributed by atoms with Crippen molar-refractivity contribution in [1.82, 2.24) is 4.98 Å². The molecule has 152 valence electrons. The van der Waals surface area contributed by atoms with Gasteiger partial charge in [-0.1, -0.05) is 12.8 Å². The maximum Gasteiger partial charge on any atom is 0.252 e. The van der Waals surface area contributed by atoms with Crippen LogP contribution in [-0.4, -0.2) is 29.2 Å². The van der Waals surface area contributed by atoms with Crippen LogP contribution in [0.3, 0.4) is 0 Å². The SMILES string of the molecule is NC=CC=Nc1ccc(Nc2nc(N[C@@H]3CCCC[C@@H]3N)ccc2C(N)=O)cc1. The van der Waals surface area contributed by atoms with Crippen molar-refractivity contribution in [3.8, 4) is 0 Å². The molecule has 0 aliphatic heterocycles. The van der Waals surface area contributed by atoms with E-state index < -0.39 is 5.91 Å². The number of carbonyl (C=O) groups is 1. The summed E-state index contributed by atoms with van der Waals surface area (Å²) in [5.74, 6) is 0.513. The Kier molecular flexibility index (Phi) is 6.80. The molecule has 1 aliphatic rings. The number of nitrogens with two attached hydrogens (primary N) is 3. The number of carbonyl (C=O) groups excluding carboxylic acids is 1. The fourth-order valence-corrected chi connectivity index (χ4v) is 3.31. The van der Waals surface area contributed by atoms with Crippen molar-refractivity contribution >= 4 is 35.1 Å². The van der Waals surface area contributed by atoms with Crippen LogP contribution < -0.4 is 27.8 Å². The normalized spacial score (nSPS) is 19.5. The Hall–Kier alpha value is -3.39. The number of aliphatic imine (C=N–C) groups is 1. The number of rotatable bonds is 7. The van der Waals surface area contributed by atoms with Gasteiger partial charge in [0, 0.05) is 24.0 Å². The molecular weight excluding hydrogens is 366 g/mol. The smallest absolute Gasteiger partial charge is 0.252 e. The molecule has 8 N–H and O–H groups in total. The molecular formula is C21H27N7O. The summed E-state index contributed by atoms with van der Waals surface area (Å²) in [6.07, 6.45) is 8.97. The Balaban J connectivity index is 1.78. The Morgan fingerprint density at radius 3 is 2.59 bits per heavy atom. The van der Waals surface area contributed by atoms with Crippen molar-refractivity contribution in [1.29, 1.82) is 0 Å². The molecule has 29 heavy (non-hydrogen) atoms. The topological polar surface area (TPSA) is 144 Å². The Morgan fingerprint density at radius 1 is 1.14 bits per heavy atom. The van der Waals surface area contributed by atoms with Crippen LogP contribution in [0, 0.1) is 0 Å². The molecule has 1 aromatic heterocycles. The molecule has 3 rings (SSSR count). The average Bonchev–Trinajstić information content (AvgIpc) is 2.71. The van der Waals surface area contributed by atoms with Gasteiger partial charge in [0.1, 0.15) is 11.6 Å². The van der Waals surface area contributed by atoms with E-state index in [1.807, 2.05) is 24.3 Å². The minimum absolute atomic E-state index is 0.0972. The van der Waals surface area contributed by atoms with Gasteiger partial charge in [-0.25, -0.2) is 4.98 Å². The first-order valence-electron chi connectivity index (χ1n) is 9.68. The first kappa shape index (κ1) is 20.3. The molecule has 2 aromatic rings. The van der Waals surface area contributed by atoms with Gasteiger partial charge in [-0.05, 0) is 61.5 Å². The van der Waals surface area contributed by atoms with Gasteiger partial charge < -0.3 is 27.8 Å². The zero-order valence-corrected chi connectivity index (χ0v) is 16.2. The fourth-order valence-electron chi connectivity index (χ4n) is 3.31. The lowest BCUT2D eigenvalue weighted by atomic mass is 9.91. The molecule has 1 heterocycles. The lowest BCUT2D eigenvalue weighted by Gasteiger charge is -2.29. The quantitative estimate of drug-likeness (QED) is 0.457. The molecule has 0 spiro atoms. The summed E-state index contributed by atoms with van der Waals surface area (Å²) in [7, 11) is 0. The van der Waals surface area contributed by atoms with Crippen LogP contribution in [0.1, 0.15) is 36.0 Å². The Labute approximate surface area is 170 Å². The van der Waals surface area contributed by atoms with Crippen LogP contribution in [-0.2, 0) is 0 Å². The van der Waals surface area contributed by atoms with E-state index in [4.69, 9.17) is 17.2 Å². The van der Waals surface area contributed by atoms with Gasteiger partial charge in [0.25, 0.3) is 5.91 Å². The van der Waals surface area contributed by atoms with Gasteiger partial charge in [0.15, 0.2) is 0 Å². The maximum absolute atomic E-state index is 11.8. The third-order valence-corrected chi connectivity index (χ3v) is 4.86. The predicted octanol–water partition coefficient (Wildman–Crippen LogP) is 2.78. The van der Waals surface area contributed by atoms with Crippen LogP contribution in [0.4, 0.5) is 23.0 Å². The number of hydrogen-bond donors (Lipinski definition) is 5. The van der Waals surface area contributed by atoms with Crippen molar-refractivity contribution in [3.05, 3.63) is 54.2 Å². The van der Waals surface area contributed by atoms with Gasteiger partial charge in [-0.15, -0.1) is 0 Å². The molecule has 1 saturated carbocycles. The van der Waals surface area contributed by atoms with Crippen molar-refractivity contribution in [2.24, 2.45) is 22.2 Å².